The van der Waals surface area contributed by atoms with Crippen LogP contribution in [-0.4, -0.2) is 52.3 Å². The maximum Gasteiger partial charge on any atom is 0.308 e. The zero-order valence-electron chi connectivity index (χ0n) is 11.4. The number of hydrogen-bond acceptors (Lipinski definition) is 7. The minimum Gasteiger partial charge on any atom is -0.455 e. The van der Waals surface area contributed by atoms with Crippen LogP contribution >= 0.6 is 0 Å². The lowest BCUT2D eigenvalue weighted by Crippen LogP contribution is -2.35. The molecule has 0 saturated carbocycles. The van der Waals surface area contributed by atoms with E-state index in [0.717, 1.165) is 4.90 Å². The van der Waals surface area contributed by atoms with E-state index < -0.39 is 18.5 Å². The number of nitrogens with one attached hydrogen (secondary N) is 1. The Morgan fingerprint density at radius 2 is 2.10 bits per heavy atom. The second-order valence-corrected chi connectivity index (χ2v) is 4.45. The Hall–Kier alpha value is -2.51. The van der Waals surface area contributed by atoms with Crippen LogP contribution in [0.5, 0.6) is 0 Å². The first-order valence-electron chi connectivity index (χ1n) is 6.66. The lowest BCUT2D eigenvalue weighted by molar-refractivity contribution is -0.154. The second-order valence-electron chi connectivity index (χ2n) is 4.45. The van der Waals surface area contributed by atoms with Gasteiger partial charge in [-0.15, -0.1) is 0 Å². The molecule has 0 bridgehead atoms. The first-order chi connectivity index (χ1) is 10.2. The molecular weight excluding hydrogens is 276 g/mol. The number of likely N-dealkylation sites (tertiary alicyclic amines) is 1. The number of hydrogen-bond donors (Lipinski definition) is 1. The molecular formula is C13H16N4O4. The van der Waals surface area contributed by atoms with E-state index in [4.69, 9.17) is 4.74 Å². The minimum absolute atomic E-state index is 0.0828. The van der Waals surface area contributed by atoms with E-state index in [1.54, 1.807) is 18.5 Å². The summed E-state index contributed by atoms with van der Waals surface area (Å²) in [5.74, 6) is -0.772. The Balaban J connectivity index is 1.63. The fourth-order valence-electron chi connectivity index (χ4n) is 1.87. The van der Waals surface area contributed by atoms with Crippen molar-refractivity contribution in [3.63, 3.8) is 0 Å². The van der Waals surface area contributed by atoms with Gasteiger partial charge in [-0.3, -0.25) is 19.3 Å². The largest absolute Gasteiger partial charge is 0.455 e. The number of carbonyl (C=O) groups excluding carboxylic acids is 3. The molecule has 2 rings (SSSR count). The van der Waals surface area contributed by atoms with Crippen LogP contribution in [0, 0.1) is 0 Å². The van der Waals surface area contributed by atoms with E-state index >= 15 is 0 Å². The molecule has 2 amide bonds. The molecule has 21 heavy (non-hydrogen) atoms. The number of ether oxygens (including phenoxy) is 1. The highest BCUT2D eigenvalue weighted by Gasteiger charge is 2.26. The summed E-state index contributed by atoms with van der Waals surface area (Å²) >= 11 is 0. The minimum atomic E-state index is -0.515. The zero-order chi connectivity index (χ0) is 15.1. The van der Waals surface area contributed by atoms with Gasteiger partial charge in [-0.05, 0) is 12.5 Å². The molecule has 0 spiro atoms. The van der Waals surface area contributed by atoms with Crippen molar-refractivity contribution >= 4 is 23.7 Å². The molecule has 8 nitrogen and oxygen atoms in total. The normalized spacial score (nSPS) is 14.1. The van der Waals surface area contributed by atoms with Crippen LogP contribution in [0.3, 0.4) is 0 Å². The van der Waals surface area contributed by atoms with Crippen molar-refractivity contribution in [3.8, 4) is 0 Å². The number of imide groups is 1. The molecule has 0 unspecified atom stereocenters. The summed E-state index contributed by atoms with van der Waals surface area (Å²) in [5.41, 5.74) is 0. The van der Waals surface area contributed by atoms with Gasteiger partial charge in [0.15, 0.2) is 6.61 Å². The van der Waals surface area contributed by atoms with E-state index in [2.05, 4.69) is 15.3 Å². The quantitative estimate of drug-likeness (QED) is 0.735. The van der Waals surface area contributed by atoms with Crippen molar-refractivity contribution in [2.24, 2.45) is 0 Å². The van der Waals surface area contributed by atoms with Gasteiger partial charge >= 0.3 is 5.97 Å². The van der Waals surface area contributed by atoms with Gasteiger partial charge < -0.3 is 10.1 Å². The van der Waals surface area contributed by atoms with Crippen LogP contribution in [-0.2, 0) is 19.1 Å². The number of nitrogens with zero attached hydrogens (tertiary/aromatic N) is 3. The number of anilines is 1. The molecule has 1 fully saturated rings. The molecule has 1 aliphatic rings. The summed E-state index contributed by atoms with van der Waals surface area (Å²) in [5, 5.41) is 2.85. The fourth-order valence-corrected chi connectivity index (χ4v) is 1.87. The van der Waals surface area contributed by atoms with Crippen molar-refractivity contribution < 1.29 is 19.1 Å². The summed E-state index contributed by atoms with van der Waals surface area (Å²) in [6.45, 7) is 0.314. The van der Waals surface area contributed by atoms with E-state index in [-0.39, 0.29) is 12.3 Å². The Morgan fingerprint density at radius 1 is 1.33 bits per heavy atom. The van der Waals surface area contributed by atoms with Crippen LogP contribution in [0.25, 0.3) is 0 Å². The molecule has 2 heterocycles. The Morgan fingerprint density at radius 3 is 2.76 bits per heavy atom. The summed E-state index contributed by atoms with van der Waals surface area (Å²) in [6.07, 6.45) is 4.29. The summed E-state index contributed by atoms with van der Waals surface area (Å²) in [7, 11) is 0. The lowest BCUT2D eigenvalue weighted by atomic mass is 10.4. The monoisotopic (exact) mass is 292 g/mol. The average molecular weight is 292 g/mol. The lowest BCUT2D eigenvalue weighted by Gasteiger charge is -2.13. The molecule has 1 aromatic rings. The average Bonchev–Trinajstić information content (AvgIpc) is 2.92. The van der Waals surface area contributed by atoms with Gasteiger partial charge in [-0.25, -0.2) is 9.97 Å². The van der Waals surface area contributed by atoms with Gasteiger partial charge in [0, 0.05) is 31.9 Å². The van der Waals surface area contributed by atoms with Crippen molar-refractivity contribution in [1.29, 1.82) is 0 Å². The van der Waals surface area contributed by atoms with Crippen LogP contribution < -0.4 is 5.32 Å². The molecule has 1 N–H and O–H groups in total. The first-order valence-corrected chi connectivity index (χ1v) is 6.66. The van der Waals surface area contributed by atoms with E-state index in [1.165, 1.54) is 0 Å². The SMILES string of the molecule is O=C(CCNc1ncccn1)OCC(=O)N1CCCC1=O. The molecule has 0 aliphatic carbocycles. The summed E-state index contributed by atoms with van der Waals surface area (Å²) in [4.78, 5) is 43.5. The van der Waals surface area contributed by atoms with Gasteiger partial charge in [-0.1, -0.05) is 0 Å². The third kappa shape index (κ3) is 4.51. The smallest absolute Gasteiger partial charge is 0.308 e. The van der Waals surface area contributed by atoms with E-state index in [9.17, 15) is 14.4 Å². The standard InChI is InChI=1S/C13H16N4O4/c18-10-3-1-8-17(10)11(19)9-21-12(20)4-7-16-13-14-5-2-6-15-13/h2,5-6H,1,3-4,7-9H2,(H,14,15,16). The number of esters is 1. The zero-order valence-corrected chi connectivity index (χ0v) is 11.4. The molecule has 0 radical (unpaired) electrons. The Labute approximate surface area is 121 Å². The van der Waals surface area contributed by atoms with Crippen molar-refractivity contribution in [2.75, 3.05) is 25.0 Å². The first kappa shape index (κ1) is 14.9. The third-order valence-electron chi connectivity index (χ3n) is 2.91. The summed E-state index contributed by atoms with van der Waals surface area (Å²) in [6, 6.07) is 1.69. The highest BCUT2D eigenvalue weighted by atomic mass is 16.5. The highest BCUT2D eigenvalue weighted by Crippen LogP contribution is 2.09. The summed E-state index contributed by atoms with van der Waals surface area (Å²) < 4.78 is 4.84. The van der Waals surface area contributed by atoms with Gasteiger partial charge in [0.05, 0.1) is 6.42 Å². The van der Waals surface area contributed by atoms with E-state index in [0.29, 0.717) is 31.9 Å². The van der Waals surface area contributed by atoms with Crippen molar-refractivity contribution in [2.45, 2.75) is 19.3 Å². The van der Waals surface area contributed by atoms with Crippen LogP contribution in [0.4, 0.5) is 5.95 Å². The number of carbonyl (C=O) groups is 3. The maximum absolute atomic E-state index is 11.6. The van der Waals surface area contributed by atoms with Crippen molar-refractivity contribution in [1.82, 2.24) is 14.9 Å². The van der Waals surface area contributed by atoms with Gasteiger partial charge in [-0.2, -0.15) is 0 Å². The fraction of sp³-hybridized carbons (Fsp3) is 0.462. The van der Waals surface area contributed by atoms with Gasteiger partial charge in [0.1, 0.15) is 0 Å². The predicted octanol–water partition coefficient (Wildman–Crippen LogP) is -0.0292. The molecule has 1 saturated heterocycles. The van der Waals surface area contributed by atoms with E-state index in [1.807, 2.05) is 0 Å². The molecule has 0 atom stereocenters. The Kier molecular flexibility index (Phi) is 5.19. The molecule has 1 aromatic heterocycles. The number of amides is 2. The van der Waals surface area contributed by atoms with Crippen LogP contribution in [0.1, 0.15) is 19.3 Å². The molecule has 1 aliphatic heterocycles. The van der Waals surface area contributed by atoms with Crippen molar-refractivity contribution in [3.05, 3.63) is 18.5 Å². The number of aromatic nitrogens is 2. The third-order valence-corrected chi connectivity index (χ3v) is 2.91. The molecule has 112 valence electrons. The highest BCUT2D eigenvalue weighted by molar-refractivity contribution is 5.97. The topological polar surface area (TPSA) is 101 Å². The predicted molar refractivity (Wildman–Crippen MR) is 72.1 cm³/mol. The maximum atomic E-state index is 11.6. The Bertz CT molecular complexity index is 520. The number of rotatable bonds is 6. The van der Waals surface area contributed by atoms with Gasteiger partial charge in [0.2, 0.25) is 11.9 Å². The van der Waals surface area contributed by atoms with Crippen LogP contribution in [0.15, 0.2) is 18.5 Å². The molecule has 8 heteroatoms. The molecule has 0 aromatic carbocycles. The second kappa shape index (κ2) is 7.32. The van der Waals surface area contributed by atoms with Crippen LogP contribution in [0.2, 0.25) is 0 Å². The van der Waals surface area contributed by atoms with Gasteiger partial charge in [0.25, 0.3) is 5.91 Å².